The van der Waals surface area contributed by atoms with Gasteiger partial charge < -0.3 is 11.5 Å². The van der Waals surface area contributed by atoms with Crippen LogP contribution in [0.2, 0.25) is 5.02 Å². The summed E-state index contributed by atoms with van der Waals surface area (Å²) in [5.74, 6) is -0.862. The number of carbonyl (C=O) groups is 1. The molecule has 4 rings (SSSR count). The zero-order valence-corrected chi connectivity index (χ0v) is 17.9. The van der Waals surface area contributed by atoms with Crippen molar-refractivity contribution in [2.75, 3.05) is 5.73 Å². The zero-order valence-electron chi connectivity index (χ0n) is 17.1. The summed E-state index contributed by atoms with van der Waals surface area (Å²) in [4.78, 5) is 30.6. The molecule has 0 aliphatic carbocycles. The number of nitrogens with zero attached hydrogens (tertiary/aromatic N) is 4. The quantitative estimate of drug-likeness (QED) is 0.494. The summed E-state index contributed by atoms with van der Waals surface area (Å²) in [6, 6.07) is 19.0. The Morgan fingerprint density at radius 3 is 2.53 bits per heavy atom. The first kappa shape index (κ1) is 22.5. The van der Waals surface area contributed by atoms with Gasteiger partial charge in [-0.3, -0.25) is 14.2 Å². The smallest absolute Gasteiger partial charge is 0.271 e. The van der Waals surface area contributed by atoms with Crippen molar-refractivity contribution < 1.29 is 4.79 Å². The Morgan fingerprint density at radius 1 is 1.19 bits per heavy atom. The fraction of sp³-hybridized carbons (Fsp3) is 0.0870. The number of carbonyl (C=O) groups excluding carboxylic acids is 1. The van der Waals surface area contributed by atoms with Crippen molar-refractivity contribution >= 4 is 34.1 Å². The Kier molecular flexibility index (Phi) is 6.83. The summed E-state index contributed by atoms with van der Waals surface area (Å²) >= 11 is 6.20. The van der Waals surface area contributed by atoms with Gasteiger partial charge in [-0.1, -0.05) is 48.9 Å². The normalized spacial score (nSPS) is 10.2. The van der Waals surface area contributed by atoms with Gasteiger partial charge in [0, 0.05) is 11.4 Å². The monoisotopic (exact) mass is 446 g/mol. The van der Waals surface area contributed by atoms with Gasteiger partial charge in [-0.2, -0.15) is 5.26 Å². The number of halogens is 1. The second-order valence-corrected chi connectivity index (χ2v) is 7.04. The van der Waals surface area contributed by atoms with Crippen molar-refractivity contribution in [1.82, 2.24) is 14.5 Å². The highest BCUT2D eigenvalue weighted by atomic mass is 35.5. The third-order valence-corrected chi connectivity index (χ3v) is 4.91. The van der Waals surface area contributed by atoms with E-state index in [0.717, 1.165) is 23.2 Å². The Hall–Kier alpha value is -4.22. The molecule has 0 saturated heterocycles. The molecule has 8 nitrogen and oxygen atoms in total. The molecule has 160 valence electrons. The third-order valence-electron chi connectivity index (χ3n) is 4.60. The van der Waals surface area contributed by atoms with Gasteiger partial charge in [-0.05, 0) is 36.1 Å². The summed E-state index contributed by atoms with van der Waals surface area (Å²) < 4.78 is 1.74. The van der Waals surface area contributed by atoms with Gasteiger partial charge >= 0.3 is 0 Å². The van der Waals surface area contributed by atoms with Crippen LogP contribution in [0.25, 0.3) is 16.5 Å². The number of para-hydroxylation sites is 1. The molecule has 2 heterocycles. The summed E-state index contributed by atoms with van der Waals surface area (Å²) in [5.41, 5.74) is 11.8. The highest BCUT2D eigenvalue weighted by molar-refractivity contribution is 6.35. The first-order valence-corrected chi connectivity index (χ1v) is 9.96. The number of nitrogen functional groups attached to an aromatic ring is 1. The van der Waals surface area contributed by atoms with Crippen LogP contribution in [0.5, 0.6) is 0 Å². The maximum absolute atomic E-state index is 12.8. The minimum Gasteiger partial charge on any atom is -0.382 e. The number of anilines is 1. The average molecular weight is 447 g/mol. The molecular formula is C23H19ClN6O2. The van der Waals surface area contributed by atoms with Gasteiger partial charge in [0.05, 0.1) is 16.6 Å². The van der Waals surface area contributed by atoms with E-state index in [9.17, 15) is 9.59 Å². The van der Waals surface area contributed by atoms with Crippen LogP contribution in [-0.2, 0) is 6.42 Å². The topological polar surface area (TPSA) is 141 Å². The lowest BCUT2D eigenvalue weighted by Gasteiger charge is -2.14. The number of hydrogen-bond donors (Lipinski definition) is 2. The number of hydrogen-bond acceptors (Lipinski definition) is 6. The molecule has 4 aromatic rings. The van der Waals surface area contributed by atoms with Gasteiger partial charge in [0.1, 0.15) is 6.07 Å². The van der Waals surface area contributed by atoms with E-state index in [2.05, 4.69) is 9.97 Å². The predicted molar refractivity (Wildman–Crippen MR) is 124 cm³/mol. The molecule has 0 atom stereocenters. The van der Waals surface area contributed by atoms with E-state index in [1.54, 1.807) is 16.7 Å². The molecule has 0 bridgehead atoms. The first-order valence-electron chi connectivity index (χ1n) is 9.58. The van der Waals surface area contributed by atoms with Crippen molar-refractivity contribution in [3.05, 3.63) is 93.3 Å². The number of aryl methyl sites for hydroxylation is 1. The molecule has 0 spiro atoms. The van der Waals surface area contributed by atoms with Crippen LogP contribution in [0.1, 0.15) is 28.8 Å². The van der Waals surface area contributed by atoms with Gasteiger partial charge in [0.15, 0.2) is 17.2 Å². The van der Waals surface area contributed by atoms with E-state index < -0.39 is 5.91 Å². The summed E-state index contributed by atoms with van der Waals surface area (Å²) in [6.07, 6.45) is 1.95. The zero-order chi connectivity index (χ0) is 23.3. The Bertz CT molecular complexity index is 1390. The summed E-state index contributed by atoms with van der Waals surface area (Å²) in [5, 5.41) is 10.4. The highest BCUT2D eigenvalue weighted by Gasteiger charge is 2.12. The lowest BCUT2D eigenvalue weighted by Crippen LogP contribution is -2.22. The number of primary amides is 1. The molecule has 1 amide bonds. The second kappa shape index (κ2) is 9.73. The van der Waals surface area contributed by atoms with Crippen molar-refractivity contribution in [2.24, 2.45) is 5.73 Å². The molecule has 2 aromatic heterocycles. The van der Waals surface area contributed by atoms with Crippen LogP contribution in [0.3, 0.4) is 0 Å². The number of pyridine rings is 1. The number of benzene rings is 2. The van der Waals surface area contributed by atoms with Gasteiger partial charge in [0.2, 0.25) is 0 Å². The van der Waals surface area contributed by atoms with E-state index in [0.29, 0.717) is 10.4 Å². The second-order valence-electron chi connectivity index (χ2n) is 6.63. The number of aromatic nitrogens is 3. The van der Waals surface area contributed by atoms with Crippen molar-refractivity contribution in [3.63, 3.8) is 0 Å². The van der Waals surface area contributed by atoms with Crippen LogP contribution in [0.15, 0.2) is 65.6 Å². The molecule has 2 aromatic carbocycles. The minimum atomic E-state index is -0.794. The first-order chi connectivity index (χ1) is 15.4. The van der Waals surface area contributed by atoms with Crippen molar-refractivity contribution in [1.29, 1.82) is 5.26 Å². The number of nitrogens with two attached hydrogens (primary N) is 2. The molecule has 9 heteroatoms. The van der Waals surface area contributed by atoms with Gasteiger partial charge in [-0.25, -0.2) is 9.97 Å². The van der Waals surface area contributed by atoms with E-state index in [-0.39, 0.29) is 22.8 Å². The van der Waals surface area contributed by atoms with Crippen LogP contribution < -0.4 is 17.0 Å². The van der Waals surface area contributed by atoms with E-state index in [4.69, 9.17) is 28.3 Å². The molecule has 0 aliphatic heterocycles. The highest BCUT2D eigenvalue weighted by Crippen LogP contribution is 2.22. The maximum Gasteiger partial charge on any atom is 0.271 e. The predicted octanol–water partition coefficient (Wildman–Crippen LogP) is 3.24. The van der Waals surface area contributed by atoms with Gasteiger partial charge in [-0.15, -0.1) is 0 Å². The Labute approximate surface area is 188 Å². The van der Waals surface area contributed by atoms with E-state index in [1.807, 2.05) is 55.5 Å². The largest absolute Gasteiger partial charge is 0.382 e. The number of fused-ring (bicyclic) bond motifs is 1. The van der Waals surface area contributed by atoms with Crippen LogP contribution in [-0.4, -0.2) is 20.4 Å². The molecular weight excluding hydrogens is 428 g/mol. The fourth-order valence-electron chi connectivity index (χ4n) is 3.13. The van der Waals surface area contributed by atoms with E-state index >= 15 is 0 Å². The van der Waals surface area contributed by atoms with Crippen LogP contribution in [0, 0.1) is 11.3 Å². The SMILES string of the molecule is CCc1cc2cccc(Cl)c2c(=O)n1-c1ccccc1.N#Cc1cnc(N)c(C(N)=O)n1. The number of amides is 1. The fourth-order valence-corrected chi connectivity index (χ4v) is 3.39. The van der Waals surface area contributed by atoms with Crippen LogP contribution in [0.4, 0.5) is 5.82 Å². The molecule has 0 aliphatic rings. The van der Waals surface area contributed by atoms with E-state index in [1.165, 1.54) is 6.20 Å². The van der Waals surface area contributed by atoms with Crippen molar-refractivity contribution in [3.8, 4) is 11.8 Å². The van der Waals surface area contributed by atoms with Gasteiger partial charge in [0.25, 0.3) is 11.5 Å². The molecule has 0 fully saturated rings. The molecule has 0 unspecified atom stereocenters. The number of rotatable bonds is 3. The van der Waals surface area contributed by atoms with Crippen molar-refractivity contribution in [2.45, 2.75) is 13.3 Å². The molecule has 0 radical (unpaired) electrons. The minimum absolute atomic E-state index is 0.0120. The molecule has 4 N–H and O–H groups in total. The third kappa shape index (κ3) is 4.58. The molecule has 0 saturated carbocycles. The maximum atomic E-state index is 12.8. The Morgan fingerprint density at radius 2 is 1.91 bits per heavy atom. The lowest BCUT2D eigenvalue weighted by molar-refractivity contribution is 0.0996. The average Bonchev–Trinajstić information content (AvgIpc) is 2.80. The summed E-state index contributed by atoms with van der Waals surface area (Å²) in [7, 11) is 0. The summed E-state index contributed by atoms with van der Waals surface area (Å²) in [6.45, 7) is 2.05. The lowest BCUT2D eigenvalue weighted by atomic mass is 10.1. The standard InChI is InChI=1S/C17H14ClNO.C6H5N5O/c1-2-13-11-12-7-6-10-15(18)16(12)17(20)19(13)14-8-4-3-5-9-14;7-1-3-2-10-5(8)4(11-3)6(9)12/h3-11H,2H2,1H3;2H,(H2,8,10)(H2,9,12). The number of nitriles is 1. The Balaban J connectivity index is 0.000000207. The van der Waals surface area contributed by atoms with Crippen LogP contribution >= 0.6 is 11.6 Å². The molecule has 32 heavy (non-hydrogen) atoms.